The molecule has 1 aliphatic heterocycles. The molecule has 0 radical (unpaired) electrons. The molecule has 7 heteroatoms. The van der Waals surface area contributed by atoms with E-state index in [0.717, 1.165) is 0 Å². The number of nitrogens with zero attached hydrogens (tertiary/aromatic N) is 4. The van der Waals surface area contributed by atoms with Crippen molar-refractivity contribution in [2.45, 2.75) is 26.3 Å². The number of aromatic nitrogens is 3. The van der Waals surface area contributed by atoms with E-state index < -0.39 is 11.4 Å². The molecule has 1 aromatic rings. The van der Waals surface area contributed by atoms with E-state index in [-0.39, 0.29) is 5.91 Å². The van der Waals surface area contributed by atoms with Crippen LogP contribution in [0.1, 0.15) is 19.8 Å². The molecule has 0 unspecified atom stereocenters. The zero-order chi connectivity index (χ0) is 13.2. The van der Waals surface area contributed by atoms with Crippen LogP contribution >= 0.6 is 0 Å². The fourth-order valence-corrected chi connectivity index (χ4v) is 2.07. The first-order chi connectivity index (χ1) is 8.51. The molecule has 7 nitrogen and oxygen atoms in total. The van der Waals surface area contributed by atoms with E-state index in [2.05, 4.69) is 10.1 Å². The number of carbonyl (C=O) groups excluding carboxylic acids is 1. The summed E-state index contributed by atoms with van der Waals surface area (Å²) in [6.45, 7) is 2.96. The van der Waals surface area contributed by atoms with Crippen LogP contribution in [0.3, 0.4) is 0 Å². The van der Waals surface area contributed by atoms with Gasteiger partial charge in [0.25, 0.3) is 0 Å². The Morgan fingerprint density at radius 3 is 2.83 bits per heavy atom. The van der Waals surface area contributed by atoms with E-state index in [9.17, 15) is 9.59 Å². The molecule has 1 aromatic heterocycles. The third-order valence-corrected chi connectivity index (χ3v) is 3.36. The van der Waals surface area contributed by atoms with Crippen LogP contribution in [0.25, 0.3) is 0 Å². The van der Waals surface area contributed by atoms with Gasteiger partial charge >= 0.3 is 5.97 Å². The number of likely N-dealkylation sites (tertiary alicyclic amines) is 1. The van der Waals surface area contributed by atoms with Gasteiger partial charge in [0.15, 0.2) is 0 Å². The topological polar surface area (TPSA) is 88.3 Å². The molecule has 1 fully saturated rings. The van der Waals surface area contributed by atoms with E-state index in [1.807, 2.05) is 0 Å². The lowest BCUT2D eigenvalue weighted by atomic mass is 9.90. The average Bonchev–Trinajstić information content (AvgIpc) is 2.95. The Balaban J connectivity index is 1.86. The molecule has 0 saturated carbocycles. The molecule has 2 heterocycles. The van der Waals surface area contributed by atoms with Crippen LogP contribution in [0.15, 0.2) is 12.7 Å². The minimum absolute atomic E-state index is 0.0320. The van der Waals surface area contributed by atoms with Crippen molar-refractivity contribution in [3.05, 3.63) is 12.7 Å². The maximum Gasteiger partial charge on any atom is 0.311 e. The number of amides is 1. The predicted octanol–water partition coefficient (Wildman–Crippen LogP) is -0.00860. The highest BCUT2D eigenvalue weighted by Gasteiger charge is 2.41. The number of aryl methyl sites for hydroxylation is 1. The first-order valence-electron chi connectivity index (χ1n) is 5.85. The lowest BCUT2D eigenvalue weighted by molar-refractivity contribution is -0.147. The van der Waals surface area contributed by atoms with Crippen molar-refractivity contribution in [3.63, 3.8) is 0 Å². The maximum atomic E-state index is 11.9. The fraction of sp³-hybridized carbons (Fsp3) is 0.636. The molecule has 0 spiro atoms. The summed E-state index contributed by atoms with van der Waals surface area (Å²) in [6, 6.07) is 0. The molecule has 98 valence electrons. The van der Waals surface area contributed by atoms with Crippen molar-refractivity contribution in [2.24, 2.45) is 5.41 Å². The van der Waals surface area contributed by atoms with Gasteiger partial charge in [-0.05, 0) is 13.3 Å². The number of rotatable bonds is 4. The number of carbonyl (C=O) groups is 2. The van der Waals surface area contributed by atoms with Crippen LogP contribution in [-0.2, 0) is 16.1 Å². The maximum absolute atomic E-state index is 11.9. The smallest absolute Gasteiger partial charge is 0.311 e. The van der Waals surface area contributed by atoms with Crippen molar-refractivity contribution in [1.82, 2.24) is 19.7 Å². The predicted molar refractivity (Wildman–Crippen MR) is 61.6 cm³/mol. The van der Waals surface area contributed by atoms with Crippen molar-refractivity contribution in [1.29, 1.82) is 0 Å². The SMILES string of the molecule is C[C@]1(C(=O)O)CCN(C(=O)CCn2cncn2)C1. The largest absolute Gasteiger partial charge is 0.481 e. The van der Waals surface area contributed by atoms with Crippen LogP contribution in [0.4, 0.5) is 0 Å². The second-order valence-corrected chi connectivity index (χ2v) is 4.84. The van der Waals surface area contributed by atoms with Crippen LogP contribution in [0, 0.1) is 5.41 Å². The number of hydrogen-bond donors (Lipinski definition) is 1. The van der Waals surface area contributed by atoms with E-state index in [4.69, 9.17) is 5.11 Å². The van der Waals surface area contributed by atoms with E-state index >= 15 is 0 Å². The summed E-state index contributed by atoms with van der Waals surface area (Å²) >= 11 is 0. The Morgan fingerprint density at radius 1 is 1.50 bits per heavy atom. The van der Waals surface area contributed by atoms with Gasteiger partial charge in [0, 0.05) is 19.5 Å². The van der Waals surface area contributed by atoms with Gasteiger partial charge in [-0.1, -0.05) is 0 Å². The van der Waals surface area contributed by atoms with Gasteiger partial charge in [-0.25, -0.2) is 4.98 Å². The Labute approximate surface area is 104 Å². The molecule has 1 saturated heterocycles. The minimum Gasteiger partial charge on any atom is -0.481 e. The molecule has 18 heavy (non-hydrogen) atoms. The minimum atomic E-state index is -0.839. The first-order valence-corrected chi connectivity index (χ1v) is 5.85. The molecule has 0 aliphatic carbocycles. The van der Waals surface area contributed by atoms with E-state index in [0.29, 0.717) is 32.5 Å². The fourth-order valence-electron chi connectivity index (χ4n) is 2.07. The molecular formula is C11H16N4O3. The lowest BCUT2D eigenvalue weighted by Gasteiger charge is -2.20. The zero-order valence-corrected chi connectivity index (χ0v) is 10.2. The molecule has 1 atom stereocenters. The standard InChI is InChI=1S/C11H16N4O3/c1-11(10(17)18)3-5-14(6-11)9(16)2-4-15-8-12-7-13-15/h7-8H,2-6H2,1H3,(H,17,18)/t11-/m0/s1. The van der Waals surface area contributed by atoms with Gasteiger partial charge in [0.2, 0.25) is 5.91 Å². The normalized spacial score (nSPS) is 23.3. The number of hydrogen-bond acceptors (Lipinski definition) is 4. The van der Waals surface area contributed by atoms with Crippen LogP contribution in [-0.4, -0.2) is 49.7 Å². The van der Waals surface area contributed by atoms with Gasteiger partial charge in [0.05, 0.1) is 12.0 Å². The summed E-state index contributed by atoms with van der Waals surface area (Å²) in [6.07, 6.45) is 3.80. The van der Waals surface area contributed by atoms with Gasteiger partial charge < -0.3 is 10.0 Å². The van der Waals surface area contributed by atoms with Crippen molar-refractivity contribution >= 4 is 11.9 Å². The summed E-state index contributed by atoms with van der Waals surface area (Å²) < 4.78 is 1.59. The quantitative estimate of drug-likeness (QED) is 0.814. The monoisotopic (exact) mass is 252 g/mol. The molecule has 1 amide bonds. The van der Waals surface area contributed by atoms with Gasteiger partial charge in [-0.3, -0.25) is 14.3 Å². The van der Waals surface area contributed by atoms with Crippen LogP contribution in [0.5, 0.6) is 0 Å². The first kappa shape index (κ1) is 12.5. The van der Waals surface area contributed by atoms with Crippen LogP contribution in [0.2, 0.25) is 0 Å². The van der Waals surface area contributed by atoms with Crippen molar-refractivity contribution < 1.29 is 14.7 Å². The van der Waals surface area contributed by atoms with Gasteiger partial charge in [-0.2, -0.15) is 5.10 Å². The second-order valence-electron chi connectivity index (χ2n) is 4.84. The Morgan fingerprint density at radius 2 is 2.28 bits per heavy atom. The van der Waals surface area contributed by atoms with Gasteiger partial charge in [0.1, 0.15) is 12.7 Å². The third kappa shape index (κ3) is 2.49. The van der Waals surface area contributed by atoms with Crippen molar-refractivity contribution in [3.8, 4) is 0 Å². The molecule has 0 bridgehead atoms. The van der Waals surface area contributed by atoms with Crippen molar-refractivity contribution in [2.75, 3.05) is 13.1 Å². The van der Waals surface area contributed by atoms with E-state index in [1.54, 1.807) is 22.8 Å². The highest BCUT2D eigenvalue weighted by Crippen LogP contribution is 2.30. The molecule has 0 aromatic carbocycles. The third-order valence-electron chi connectivity index (χ3n) is 3.36. The number of carboxylic acid groups (broad SMARTS) is 1. The molecule has 2 rings (SSSR count). The summed E-state index contributed by atoms with van der Waals surface area (Å²) in [5, 5.41) is 13.0. The summed E-state index contributed by atoms with van der Waals surface area (Å²) in [5.41, 5.74) is -0.803. The number of carboxylic acids is 1. The summed E-state index contributed by atoms with van der Waals surface area (Å²) in [5.74, 6) is -0.871. The highest BCUT2D eigenvalue weighted by molar-refractivity contribution is 5.80. The Hall–Kier alpha value is -1.92. The zero-order valence-electron chi connectivity index (χ0n) is 10.2. The lowest BCUT2D eigenvalue weighted by Crippen LogP contribution is -2.35. The second kappa shape index (κ2) is 4.75. The Kier molecular flexibility index (Phi) is 3.31. The van der Waals surface area contributed by atoms with E-state index in [1.165, 1.54) is 6.33 Å². The van der Waals surface area contributed by atoms with Crippen LogP contribution < -0.4 is 0 Å². The molecule has 1 N–H and O–H groups in total. The summed E-state index contributed by atoms with van der Waals surface area (Å²) in [7, 11) is 0. The Bertz CT molecular complexity index is 445. The molecule has 1 aliphatic rings. The highest BCUT2D eigenvalue weighted by atomic mass is 16.4. The number of aliphatic carboxylic acids is 1. The van der Waals surface area contributed by atoms with Gasteiger partial charge in [-0.15, -0.1) is 0 Å². The molecular weight excluding hydrogens is 236 g/mol. The average molecular weight is 252 g/mol. The summed E-state index contributed by atoms with van der Waals surface area (Å²) in [4.78, 5) is 28.4.